The molecule has 0 aliphatic heterocycles. The molecule has 0 aromatic heterocycles. The Labute approximate surface area is 158 Å². The van der Waals surface area contributed by atoms with E-state index in [4.69, 9.17) is 27.9 Å². The standard InChI is InChI=1S/C17H24Cl2N2O4/c1-11(2)9-14(21-17(23)24-3)16(22)20-7-4-8-25-15-6-5-12(18)10-13(15)19/h5-6,10-11,14H,4,7-9H2,1-3H3,(H,20,22)(H,21,23). The van der Waals surface area contributed by atoms with Crippen molar-refractivity contribution >= 4 is 35.2 Å². The molecule has 0 saturated carbocycles. The van der Waals surface area contributed by atoms with Gasteiger partial charge in [-0.3, -0.25) is 4.79 Å². The first-order valence-electron chi connectivity index (χ1n) is 8.03. The lowest BCUT2D eigenvalue weighted by molar-refractivity contribution is -0.123. The Morgan fingerprint density at radius 3 is 2.56 bits per heavy atom. The van der Waals surface area contributed by atoms with Crippen LogP contribution in [0, 0.1) is 5.92 Å². The third-order valence-electron chi connectivity index (χ3n) is 3.27. The van der Waals surface area contributed by atoms with E-state index >= 15 is 0 Å². The fraction of sp³-hybridized carbons (Fsp3) is 0.529. The zero-order valence-corrected chi connectivity index (χ0v) is 16.1. The molecule has 1 unspecified atom stereocenters. The summed E-state index contributed by atoms with van der Waals surface area (Å²) < 4.78 is 10.1. The molecule has 1 atom stereocenters. The van der Waals surface area contributed by atoms with E-state index in [9.17, 15) is 9.59 Å². The number of benzene rings is 1. The van der Waals surface area contributed by atoms with Gasteiger partial charge in [-0.05, 0) is 37.0 Å². The van der Waals surface area contributed by atoms with Crippen molar-refractivity contribution in [3.63, 3.8) is 0 Å². The fourth-order valence-electron chi connectivity index (χ4n) is 2.09. The van der Waals surface area contributed by atoms with Crippen molar-refractivity contribution in [1.82, 2.24) is 10.6 Å². The summed E-state index contributed by atoms with van der Waals surface area (Å²) in [5.74, 6) is 0.550. The van der Waals surface area contributed by atoms with Crippen LogP contribution in [0.25, 0.3) is 0 Å². The van der Waals surface area contributed by atoms with Crippen molar-refractivity contribution in [2.24, 2.45) is 5.92 Å². The summed E-state index contributed by atoms with van der Waals surface area (Å²) in [7, 11) is 1.26. The number of methoxy groups -OCH3 is 1. The highest BCUT2D eigenvalue weighted by atomic mass is 35.5. The Morgan fingerprint density at radius 1 is 1.24 bits per heavy atom. The minimum Gasteiger partial charge on any atom is -0.492 e. The SMILES string of the molecule is COC(=O)NC(CC(C)C)C(=O)NCCCOc1ccc(Cl)cc1Cl. The number of rotatable bonds is 9. The molecule has 140 valence electrons. The predicted molar refractivity (Wildman–Crippen MR) is 98.4 cm³/mol. The predicted octanol–water partition coefficient (Wildman–Crippen LogP) is 3.65. The number of alkyl carbamates (subject to hydrolysis) is 1. The van der Waals surface area contributed by atoms with Gasteiger partial charge in [0.25, 0.3) is 0 Å². The number of ether oxygens (including phenoxy) is 2. The molecule has 0 fully saturated rings. The average Bonchev–Trinajstić information content (AvgIpc) is 2.54. The number of hydrogen-bond acceptors (Lipinski definition) is 4. The Hall–Kier alpha value is -1.66. The molecule has 1 aromatic rings. The van der Waals surface area contributed by atoms with Gasteiger partial charge >= 0.3 is 6.09 Å². The summed E-state index contributed by atoms with van der Waals surface area (Å²) in [5, 5.41) is 6.31. The van der Waals surface area contributed by atoms with Crippen molar-refractivity contribution in [2.45, 2.75) is 32.7 Å². The van der Waals surface area contributed by atoms with Gasteiger partial charge in [0.1, 0.15) is 11.8 Å². The zero-order valence-electron chi connectivity index (χ0n) is 14.6. The van der Waals surface area contributed by atoms with Crippen molar-refractivity contribution in [3.8, 4) is 5.75 Å². The molecule has 1 rings (SSSR count). The molecule has 2 amide bonds. The first-order valence-corrected chi connectivity index (χ1v) is 8.79. The van der Waals surface area contributed by atoms with Gasteiger partial charge < -0.3 is 20.1 Å². The maximum Gasteiger partial charge on any atom is 0.407 e. The second-order valence-corrected chi connectivity index (χ2v) is 6.73. The van der Waals surface area contributed by atoms with Crippen LogP contribution in [-0.2, 0) is 9.53 Å². The summed E-state index contributed by atoms with van der Waals surface area (Å²) in [6.07, 6.45) is 0.497. The molecule has 0 saturated heterocycles. The summed E-state index contributed by atoms with van der Waals surface area (Å²) in [6, 6.07) is 4.37. The molecule has 6 nitrogen and oxygen atoms in total. The van der Waals surface area contributed by atoms with Gasteiger partial charge in [0.15, 0.2) is 0 Å². The Morgan fingerprint density at radius 2 is 1.96 bits per heavy atom. The molecular formula is C17H24Cl2N2O4. The largest absolute Gasteiger partial charge is 0.492 e. The summed E-state index contributed by atoms with van der Waals surface area (Å²) in [4.78, 5) is 23.5. The van der Waals surface area contributed by atoms with E-state index in [1.165, 1.54) is 7.11 Å². The third kappa shape index (κ3) is 8.31. The van der Waals surface area contributed by atoms with Crippen LogP contribution in [0.4, 0.5) is 4.79 Å². The van der Waals surface area contributed by atoms with E-state index in [2.05, 4.69) is 15.4 Å². The maximum absolute atomic E-state index is 12.2. The molecule has 0 bridgehead atoms. The van der Waals surface area contributed by atoms with Crippen LogP contribution >= 0.6 is 23.2 Å². The van der Waals surface area contributed by atoms with Crippen LogP contribution in [0.15, 0.2) is 18.2 Å². The van der Waals surface area contributed by atoms with Crippen LogP contribution < -0.4 is 15.4 Å². The smallest absolute Gasteiger partial charge is 0.407 e. The van der Waals surface area contributed by atoms with E-state index in [0.29, 0.717) is 41.8 Å². The first kappa shape index (κ1) is 21.4. The number of nitrogens with one attached hydrogen (secondary N) is 2. The average molecular weight is 391 g/mol. The van der Waals surface area contributed by atoms with Crippen molar-refractivity contribution in [2.75, 3.05) is 20.3 Å². The van der Waals surface area contributed by atoms with E-state index < -0.39 is 12.1 Å². The molecule has 2 N–H and O–H groups in total. The number of amides is 2. The fourth-order valence-corrected chi connectivity index (χ4v) is 2.55. The second-order valence-electron chi connectivity index (χ2n) is 5.89. The van der Waals surface area contributed by atoms with Crippen LogP contribution in [0.1, 0.15) is 26.7 Å². The highest BCUT2D eigenvalue weighted by molar-refractivity contribution is 6.35. The van der Waals surface area contributed by atoms with Crippen LogP contribution in [-0.4, -0.2) is 38.3 Å². The number of halogens is 2. The second kappa shape index (κ2) is 11.1. The van der Waals surface area contributed by atoms with E-state index in [-0.39, 0.29) is 11.8 Å². The highest BCUT2D eigenvalue weighted by Gasteiger charge is 2.21. The van der Waals surface area contributed by atoms with Crippen LogP contribution in [0.5, 0.6) is 5.75 Å². The number of hydrogen-bond donors (Lipinski definition) is 2. The minimum absolute atomic E-state index is 0.247. The third-order valence-corrected chi connectivity index (χ3v) is 3.80. The topological polar surface area (TPSA) is 76.7 Å². The highest BCUT2D eigenvalue weighted by Crippen LogP contribution is 2.27. The van der Waals surface area contributed by atoms with Gasteiger partial charge in [-0.25, -0.2) is 4.79 Å². The molecule has 0 aliphatic carbocycles. The van der Waals surface area contributed by atoms with E-state index in [0.717, 1.165) is 0 Å². The quantitative estimate of drug-likeness (QED) is 0.630. The molecule has 0 spiro atoms. The Kier molecular flexibility index (Phi) is 9.45. The maximum atomic E-state index is 12.2. The summed E-state index contributed by atoms with van der Waals surface area (Å²) >= 11 is 11.8. The number of carbonyl (C=O) groups is 2. The van der Waals surface area contributed by atoms with Crippen LogP contribution in [0.3, 0.4) is 0 Å². The van der Waals surface area contributed by atoms with Gasteiger partial charge in [-0.2, -0.15) is 0 Å². The van der Waals surface area contributed by atoms with Gasteiger partial charge in [0.05, 0.1) is 18.7 Å². The monoisotopic (exact) mass is 390 g/mol. The summed E-state index contributed by atoms with van der Waals surface area (Å²) in [6.45, 7) is 4.76. The lowest BCUT2D eigenvalue weighted by Crippen LogP contribution is -2.47. The van der Waals surface area contributed by atoms with E-state index in [1.807, 2.05) is 13.8 Å². The Balaban J connectivity index is 2.36. The van der Waals surface area contributed by atoms with Crippen LogP contribution in [0.2, 0.25) is 10.0 Å². The normalized spacial score (nSPS) is 11.8. The molecule has 25 heavy (non-hydrogen) atoms. The van der Waals surface area contributed by atoms with Gasteiger partial charge in [-0.15, -0.1) is 0 Å². The van der Waals surface area contributed by atoms with Gasteiger partial charge in [-0.1, -0.05) is 37.0 Å². The van der Waals surface area contributed by atoms with Crippen molar-refractivity contribution in [3.05, 3.63) is 28.2 Å². The molecule has 0 heterocycles. The van der Waals surface area contributed by atoms with Crippen molar-refractivity contribution < 1.29 is 19.1 Å². The van der Waals surface area contributed by atoms with Crippen molar-refractivity contribution in [1.29, 1.82) is 0 Å². The molecule has 1 aromatic carbocycles. The molecule has 0 radical (unpaired) electrons. The van der Waals surface area contributed by atoms with E-state index in [1.54, 1.807) is 18.2 Å². The molecular weight excluding hydrogens is 367 g/mol. The lowest BCUT2D eigenvalue weighted by Gasteiger charge is -2.19. The minimum atomic E-state index is -0.626. The Bertz CT molecular complexity index is 582. The first-order chi connectivity index (χ1) is 11.8. The lowest BCUT2D eigenvalue weighted by atomic mass is 10.0. The zero-order chi connectivity index (χ0) is 18.8. The molecule has 0 aliphatic rings. The van der Waals surface area contributed by atoms with Gasteiger partial charge in [0, 0.05) is 11.6 Å². The van der Waals surface area contributed by atoms with Gasteiger partial charge in [0.2, 0.25) is 5.91 Å². The molecule has 8 heteroatoms. The summed E-state index contributed by atoms with van der Waals surface area (Å²) in [5.41, 5.74) is 0. The number of carbonyl (C=O) groups excluding carboxylic acids is 2.